The SMILES string of the molecule is O=C(O)C(CCNC1CC1)N1CCc2ccccc21. The highest BCUT2D eigenvalue weighted by Crippen LogP contribution is 2.30. The number of nitrogens with one attached hydrogen (secondary N) is 1. The molecule has 1 heterocycles. The van der Waals surface area contributed by atoms with Gasteiger partial charge in [0.25, 0.3) is 0 Å². The number of nitrogens with zero attached hydrogens (tertiary/aromatic N) is 1. The van der Waals surface area contributed by atoms with Crippen molar-refractivity contribution in [3.05, 3.63) is 29.8 Å². The van der Waals surface area contributed by atoms with Crippen molar-refractivity contribution in [1.82, 2.24) is 5.32 Å². The van der Waals surface area contributed by atoms with Gasteiger partial charge in [0, 0.05) is 18.3 Å². The smallest absolute Gasteiger partial charge is 0.326 e. The van der Waals surface area contributed by atoms with Crippen molar-refractivity contribution in [2.75, 3.05) is 18.0 Å². The van der Waals surface area contributed by atoms with Gasteiger partial charge in [-0.15, -0.1) is 0 Å². The highest BCUT2D eigenvalue weighted by atomic mass is 16.4. The predicted octanol–water partition coefficient (Wildman–Crippen LogP) is 1.64. The number of hydrogen-bond acceptors (Lipinski definition) is 3. The number of carbonyl (C=O) groups is 1. The van der Waals surface area contributed by atoms with Crippen LogP contribution < -0.4 is 10.2 Å². The second kappa shape index (κ2) is 5.21. The summed E-state index contributed by atoms with van der Waals surface area (Å²) in [6.07, 6.45) is 4.10. The largest absolute Gasteiger partial charge is 0.480 e. The average Bonchev–Trinajstić information content (AvgIpc) is 3.13. The molecule has 0 aromatic heterocycles. The monoisotopic (exact) mass is 260 g/mol. The van der Waals surface area contributed by atoms with E-state index in [1.807, 2.05) is 23.1 Å². The summed E-state index contributed by atoms with van der Waals surface area (Å²) < 4.78 is 0. The Morgan fingerprint density at radius 3 is 2.95 bits per heavy atom. The zero-order valence-corrected chi connectivity index (χ0v) is 11.0. The molecule has 0 saturated heterocycles. The summed E-state index contributed by atoms with van der Waals surface area (Å²) in [5.74, 6) is -0.714. The van der Waals surface area contributed by atoms with Crippen LogP contribution in [0.25, 0.3) is 0 Å². The van der Waals surface area contributed by atoms with Gasteiger partial charge in [0.15, 0.2) is 0 Å². The molecule has 4 nitrogen and oxygen atoms in total. The van der Waals surface area contributed by atoms with Crippen molar-refractivity contribution in [1.29, 1.82) is 0 Å². The van der Waals surface area contributed by atoms with Crippen LogP contribution in [-0.4, -0.2) is 36.2 Å². The Hall–Kier alpha value is -1.55. The number of para-hydroxylation sites is 1. The van der Waals surface area contributed by atoms with Gasteiger partial charge in [-0.3, -0.25) is 0 Å². The molecule has 102 valence electrons. The van der Waals surface area contributed by atoms with Crippen LogP contribution >= 0.6 is 0 Å². The van der Waals surface area contributed by atoms with Crippen LogP contribution in [0.15, 0.2) is 24.3 Å². The minimum absolute atomic E-state index is 0.408. The summed E-state index contributed by atoms with van der Waals surface area (Å²) in [4.78, 5) is 13.6. The van der Waals surface area contributed by atoms with E-state index in [4.69, 9.17) is 0 Å². The molecule has 0 amide bonds. The third-order valence-electron chi connectivity index (χ3n) is 4.01. The van der Waals surface area contributed by atoms with Crippen LogP contribution in [0.2, 0.25) is 0 Å². The molecule has 2 N–H and O–H groups in total. The molecule has 19 heavy (non-hydrogen) atoms. The normalized spacial score (nSPS) is 19.3. The Kier molecular flexibility index (Phi) is 3.42. The predicted molar refractivity (Wildman–Crippen MR) is 74.6 cm³/mol. The van der Waals surface area contributed by atoms with Gasteiger partial charge in [-0.1, -0.05) is 18.2 Å². The Morgan fingerprint density at radius 2 is 2.21 bits per heavy atom. The number of carboxylic acids is 1. The molecule has 1 aliphatic carbocycles. The minimum atomic E-state index is -0.714. The van der Waals surface area contributed by atoms with Crippen molar-refractivity contribution in [3.8, 4) is 0 Å². The van der Waals surface area contributed by atoms with Crippen molar-refractivity contribution in [2.24, 2.45) is 0 Å². The van der Waals surface area contributed by atoms with Crippen molar-refractivity contribution in [2.45, 2.75) is 37.8 Å². The molecule has 1 saturated carbocycles. The topological polar surface area (TPSA) is 52.6 Å². The zero-order valence-electron chi connectivity index (χ0n) is 11.0. The Bertz CT molecular complexity index is 471. The second-order valence-corrected chi connectivity index (χ2v) is 5.44. The highest BCUT2D eigenvalue weighted by Gasteiger charge is 2.31. The quantitative estimate of drug-likeness (QED) is 0.816. The Labute approximate surface area is 113 Å². The number of anilines is 1. The number of aliphatic carboxylic acids is 1. The molecule has 0 spiro atoms. The van der Waals surface area contributed by atoms with E-state index in [9.17, 15) is 9.90 Å². The molecule has 2 aliphatic rings. The lowest BCUT2D eigenvalue weighted by Crippen LogP contribution is -2.42. The van der Waals surface area contributed by atoms with Crippen LogP contribution in [0.1, 0.15) is 24.8 Å². The van der Waals surface area contributed by atoms with E-state index in [0.717, 1.165) is 25.2 Å². The maximum Gasteiger partial charge on any atom is 0.326 e. The first-order chi connectivity index (χ1) is 9.25. The lowest BCUT2D eigenvalue weighted by molar-refractivity contribution is -0.138. The molecular weight excluding hydrogens is 240 g/mol. The number of benzene rings is 1. The first kappa shape index (κ1) is 12.5. The Balaban J connectivity index is 1.68. The third-order valence-corrected chi connectivity index (χ3v) is 4.01. The number of hydrogen-bond donors (Lipinski definition) is 2. The molecule has 0 radical (unpaired) electrons. The van der Waals surface area contributed by atoms with Crippen LogP contribution in [0.4, 0.5) is 5.69 Å². The fourth-order valence-electron chi connectivity index (χ4n) is 2.81. The summed E-state index contributed by atoms with van der Waals surface area (Å²) in [7, 11) is 0. The molecule has 1 fully saturated rings. The first-order valence-electron chi connectivity index (χ1n) is 7.06. The van der Waals surface area contributed by atoms with Crippen molar-refractivity contribution < 1.29 is 9.90 Å². The van der Waals surface area contributed by atoms with Gasteiger partial charge in [-0.05, 0) is 43.9 Å². The molecular formula is C15H20N2O2. The van der Waals surface area contributed by atoms with Gasteiger partial charge in [0.05, 0.1) is 0 Å². The van der Waals surface area contributed by atoms with Crippen LogP contribution in [0.3, 0.4) is 0 Å². The fourth-order valence-corrected chi connectivity index (χ4v) is 2.81. The Morgan fingerprint density at radius 1 is 1.42 bits per heavy atom. The van der Waals surface area contributed by atoms with Crippen molar-refractivity contribution in [3.63, 3.8) is 0 Å². The minimum Gasteiger partial charge on any atom is -0.480 e. The van der Waals surface area contributed by atoms with Gasteiger partial charge < -0.3 is 15.3 Å². The lowest BCUT2D eigenvalue weighted by atomic mass is 10.1. The van der Waals surface area contributed by atoms with E-state index in [2.05, 4.69) is 11.4 Å². The molecule has 1 unspecified atom stereocenters. The maximum atomic E-state index is 11.5. The summed E-state index contributed by atoms with van der Waals surface area (Å²) in [5, 5.41) is 12.9. The summed E-state index contributed by atoms with van der Waals surface area (Å²) in [5.41, 5.74) is 2.37. The summed E-state index contributed by atoms with van der Waals surface area (Å²) >= 11 is 0. The van der Waals surface area contributed by atoms with Gasteiger partial charge in [-0.2, -0.15) is 0 Å². The number of fused-ring (bicyclic) bond motifs is 1. The second-order valence-electron chi connectivity index (χ2n) is 5.44. The van der Waals surface area contributed by atoms with Crippen LogP contribution in [0, 0.1) is 0 Å². The highest BCUT2D eigenvalue weighted by molar-refractivity contribution is 5.79. The van der Waals surface area contributed by atoms with Gasteiger partial charge in [-0.25, -0.2) is 4.79 Å². The maximum absolute atomic E-state index is 11.5. The number of rotatable bonds is 6. The van der Waals surface area contributed by atoms with Gasteiger partial charge in [0.2, 0.25) is 0 Å². The molecule has 1 atom stereocenters. The zero-order chi connectivity index (χ0) is 13.2. The molecule has 0 bridgehead atoms. The van der Waals surface area contributed by atoms with Crippen LogP contribution in [0.5, 0.6) is 0 Å². The van der Waals surface area contributed by atoms with E-state index in [1.54, 1.807) is 0 Å². The first-order valence-corrected chi connectivity index (χ1v) is 7.06. The average molecular weight is 260 g/mol. The van der Waals surface area contributed by atoms with E-state index in [-0.39, 0.29) is 0 Å². The summed E-state index contributed by atoms with van der Waals surface area (Å²) in [6, 6.07) is 8.37. The molecule has 3 rings (SSSR count). The van der Waals surface area contributed by atoms with Gasteiger partial charge in [0.1, 0.15) is 6.04 Å². The van der Waals surface area contributed by atoms with Gasteiger partial charge >= 0.3 is 5.97 Å². The molecule has 1 aromatic rings. The molecule has 1 aliphatic heterocycles. The van der Waals surface area contributed by atoms with Crippen LogP contribution in [-0.2, 0) is 11.2 Å². The molecule has 4 heteroatoms. The van der Waals surface area contributed by atoms with Crippen molar-refractivity contribution >= 4 is 11.7 Å². The van der Waals surface area contributed by atoms with E-state index >= 15 is 0 Å². The third kappa shape index (κ3) is 2.73. The fraction of sp³-hybridized carbons (Fsp3) is 0.533. The number of carboxylic acid groups (broad SMARTS) is 1. The van der Waals surface area contributed by atoms with E-state index < -0.39 is 12.0 Å². The lowest BCUT2D eigenvalue weighted by Gasteiger charge is -2.27. The standard InChI is InChI=1S/C15H20N2O2/c18-15(19)14(7-9-16-12-5-6-12)17-10-8-11-3-1-2-4-13(11)17/h1-4,12,14,16H,5-10H2,(H,18,19). The van der Waals surface area contributed by atoms with E-state index in [1.165, 1.54) is 18.4 Å². The summed E-state index contributed by atoms with van der Waals surface area (Å²) in [6.45, 7) is 1.61. The van der Waals surface area contributed by atoms with E-state index in [0.29, 0.717) is 12.5 Å². The molecule has 1 aromatic carbocycles.